The second kappa shape index (κ2) is 6.67. The van der Waals surface area contributed by atoms with Crippen molar-refractivity contribution in [3.05, 3.63) is 35.9 Å². The molecule has 0 bridgehead atoms. The number of rotatable bonds is 5. The number of ether oxygens (including phenoxy) is 2. The Kier molecular flexibility index (Phi) is 4.49. The summed E-state index contributed by atoms with van der Waals surface area (Å²) in [5.74, 6) is 0.126. The first kappa shape index (κ1) is 17.5. The summed E-state index contributed by atoms with van der Waals surface area (Å²) < 4.78 is 11.2. The van der Waals surface area contributed by atoms with Crippen LogP contribution in [0.15, 0.2) is 30.3 Å². The van der Waals surface area contributed by atoms with Crippen LogP contribution in [0.5, 0.6) is 0 Å². The minimum absolute atomic E-state index is 0.0456. The lowest BCUT2D eigenvalue weighted by Crippen LogP contribution is -2.78. The van der Waals surface area contributed by atoms with Gasteiger partial charge in [0.15, 0.2) is 0 Å². The number of carbonyl (C=O) groups excluding carboxylic acids is 2. The number of nitrogens with one attached hydrogen (secondary N) is 1. The van der Waals surface area contributed by atoms with Gasteiger partial charge in [-0.2, -0.15) is 0 Å². The van der Waals surface area contributed by atoms with Gasteiger partial charge in [0.05, 0.1) is 5.60 Å². The maximum Gasteiger partial charge on any atom is 0.251 e. The molecule has 3 fully saturated rings. The molecule has 1 aromatic rings. The molecule has 140 valence electrons. The van der Waals surface area contributed by atoms with E-state index in [0.717, 1.165) is 25.7 Å². The van der Waals surface area contributed by atoms with Gasteiger partial charge in [-0.1, -0.05) is 18.2 Å². The van der Waals surface area contributed by atoms with E-state index in [0.29, 0.717) is 31.9 Å². The molecular formula is C20H26N2O4. The molecule has 2 heterocycles. The molecule has 6 heteroatoms. The minimum Gasteiger partial charge on any atom is -0.381 e. The van der Waals surface area contributed by atoms with Crippen molar-refractivity contribution < 1.29 is 19.1 Å². The van der Waals surface area contributed by atoms with E-state index in [1.807, 2.05) is 23.1 Å². The third-order valence-electron chi connectivity index (χ3n) is 6.16. The van der Waals surface area contributed by atoms with Crippen LogP contribution in [0, 0.1) is 5.92 Å². The quantitative estimate of drug-likeness (QED) is 0.868. The number of amides is 2. The Morgan fingerprint density at radius 1 is 1.15 bits per heavy atom. The number of likely N-dealkylation sites (tertiary alicyclic amines) is 1. The van der Waals surface area contributed by atoms with Gasteiger partial charge >= 0.3 is 0 Å². The van der Waals surface area contributed by atoms with Gasteiger partial charge in [0, 0.05) is 44.9 Å². The molecule has 4 rings (SSSR count). The van der Waals surface area contributed by atoms with Crippen LogP contribution >= 0.6 is 0 Å². The Balaban J connectivity index is 1.47. The Labute approximate surface area is 153 Å². The van der Waals surface area contributed by atoms with Crippen LogP contribution in [0.1, 0.15) is 36.0 Å². The van der Waals surface area contributed by atoms with Gasteiger partial charge in [0.2, 0.25) is 5.91 Å². The first-order valence-electron chi connectivity index (χ1n) is 9.38. The summed E-state index contributed by atoms with van der Waals surface area (Å²) in [7, 11) is 1.70. The van der Waals surface area contributed by atoms with Gasteiger partial charge in [-0.3, -0.25) is 9.59 Å². The van der Waals surface area contributed by atoms with E-state index in [2.05, 4.69) is 5.32 Å². The van der Waals surface area contributed by atoms with Crippen LogP contribution in [0.2, 0.25) is 0 Å². The molecule has 3 aliphatic rings. The molecule has 0 spiro atoms. The van der Waals surface area contributed by atoms with Gasteiger partial charge in [0.1, 0.15) is 5.54 Å². The van der Waals surface area contributed by atoms with Crippen LogP contribution in [-0.2, 0) is 14.3 Å². The molecule has 0 unspecified atom stereocenters. The molecule has 1 N–H and O–H groups in total. The molecule has 2 saturated heterocycles. The lowest BCUT2D eigenvalue weighted by molar-refractivity contribution is -0.155. The highest BCUT2D eigenvalue weighted by Gasteiger charge is 2.66. The van der Waals surface area contributed by atoms with Crippen molar-refractivity contribution in [2.75, 3.05) is 33.4 Å². The van der Waals surface area contributed by atoms with Crippen molar-refractivity contribution in [2.24, 2.45) is 5.92 Å². The molecule has 2 amide bonds. The summed E-state index contributed by atoms with van der Waals surface area (Å²) in [4.78, 5) is 27.4. The van der Waals surface area contributed by atoms with Crippen molar-refractivity contribution in [3.8, 4) is 0 Å². The van der Waals surface area contributed by atoms with E-state index in [1.165, 1.54) is 0 Å². The van der Waals surface area contributed by atoms with Crippen molar-refractivity contribution in [3.63, 3.8) is 0 Å². The van der Waals surface area contributed by atoms with E-state index < -0.39 is 5.54 Å². The predicted molar refractivity (Wildman–Crippen MR) is 95.7 cm³/mol. The van der Waals surface area contributed by atoms with Crippen LogP contribution in [0.3, 0.4) is 0 Å². The summed E-state index contributed by atoms with van der Waals surface area (Å²) in [6, 6.07) is 9.21. The van der Waals surface area contributed by atoms with Gasteiger partial charge in [-0.05, 0) is 37.8 Å². The third kappa shape index (κ3) is 2.91. The monoisotopic (exact) mass is 358 g/mol. The summed E-state index contributed by atoms with van der Waals surface area (Å²) in [6.45, 7) is 2.36. The fraction of sp³-hybridized carbons (Fsp3) is 0.600. The Hall–Kier alpha value is -1.92. The number of methoxy groups -OCH3 is 1. The smallest absolute Gasteiger partial charge is 0.251 e. The van der Waals surface area contributed by atoms with Crippen molar-refractivity contribution >= 4 is 11.8 Å². The summed E-state index contributed by atoms with van der Waals surface area (Å²) in [6.07, 6.45) is 3.40. The topological polar surface area (TPSA) is 67.9 Å². The van der Waals surface area contributed by atoms with E-state index in [4.69, 9.17) is 9.47 Å². The van der Waals surface area contributed by atoms with E-state index in [9.17, 15) is 9.59 Å². The van der Waals surface area contributed by atoms with E-state index in [-0.39, 0.29) is 23.3 Å². The SMILES string of the molecule is COC1(C2(NC(=O)c3ccccc3)CN(C(=O)C3CCOCC3)C2)CC1. The van der Waals surface area contributed by atoms with Gasteiger partial charge in [0.25, 0.3) is 5.91 Å². The molecule has 0 aromatic heterocycles. The largest absolute Gasteiger partial charge is 0.381 e. The minimum atomic E-state index is -0.491. The summed E-state index contributed by atoms with van der Waals surface area (Å²) in [5, 5.41) is 3.21. The maximum atomic E-state index is 12.8. The highest BCUT2D eigenvalue weighted by molar-refractivity contribution is 5.95. The van der Waals surface area contributed by atoms with Crippen molar-refractivity contribution in [1.29, 1.82) is 0 Å². The molecular weight excluding hydrogens is 332 g/mol. The molecule has 0 radical (unpaired) electrons. The number of benzene rings is 1. The maximum absolute atomic E-state index is 12.8. The van der Waals surface area contributed by atoms with Crippen LogP contribution < -0.4 is 5.32 Å². The van der Waals surface area contributed by atoms with Crippen LogP contribution in [0.4, 0.5) is 0 Å². The average molecular weight is 358 g/mol. The fourth-order valence-electron chi connectivity index (χ4n) is 4.32. The first-order chi connectivity index (χ1) is 12.6. The Morgan fingerprint density at radius 2 is 1.81 bits per heavy atom. The molecule has 1 aromatic carbocycles. The predicted octanol–water partition coefficient (Wildman–Crippen LogP) is 1.60. The molecule has 2 aliphatic heterocycles. The van der Waals surface area contributed by atoms with E-state index in [1.54, 1.807) is 19.2 Å². The van der Waals surface area contributed by atoms with Crippen molar-refractivity contribution in [2.45, 2.75) is 36.8 Å². The second-order valence-corrected chi connectivity index (χ2v) is 7.68. The number of hydrogen-bond donors (Lipinski definition) is 1. The zero-order chi connectivity index (χ0) is 18.2. The number of nitrogens with zero attached hydrogens (tertiary/aromatic N) is 1. The third-order valence-corrected chi connectivity index (χ3v) is 6.16. The zero-order valence-electron chi connectivity index (χ0n) is 15.2. The highest BCUT2D eigenvalue weighted by atomic mass is 16.5. The highest BCUT2D eigenvalue weighted by Crippen LogP contribution is 2.52. The molecule has 1 aliphatic carbocycles. The lowest BCUT2D eigenvalue weighted by atomic mass is 9.79. The van der Waals surface area contributed by atoms with Crippen molar-refractivity contribution in [1.82, 2.24) is 10.2 Å². The lowest BCUT2D eigenvalue weighted by Gasteiger charge is -2.55. The fourth-order valence-corrected chi connectivity index (χ4v) is 4.32. The molecule has 26 heavy (non-hydrogen) atoms. The van der Waals surface area contributed by atoms with Gasteiger partial charge in [-0.25, -0.2) is 0 Å². The number of carbonyl (C=O) groups is 2. The normalized spacial score (nSPS) is 23.8. The Morgan fingerprint density at radius 3 is 2.38 bits per heavy atom. The standard InChI is InChI=1S/C20H26N2O4/c1-25-20(9-10-20)19(21-17(23)15-5-3-2-4-6-15)13-22(14-19)18(24)16-7-11-26-12-8-16/h2-6,16H,7-14H2,1H3,(H,21,23). The van der Waals surface area contributed by atoms with Crippen LogP contribution in [-0.4, -0.2) is 61.3 Å². The molecule has 1 saturated carbocycles. The van der Waals surface area contributed by atoms with Gasteiger partial charge < -0.3 is 19.7 Å². The number of hydrogen-bond acceptors (Lipinski definition) is 4. The Bertz CT molecular complexity index is 674. The van der Waals surface area contributed by atoms with Crippen LogP contribution in [0.25, 0.3) is 0 Å². The first-order valence-corrected chi connectivity index (χ1v) is 9.38. The summed E-state index contributed by atoms with van der Waals surface area (Å²) >= 11 is 0. The van der Waals surface area contributed by atoms with Gasteiger partial charge in [-0.15, -0.1) is 0 Å². The zero-order valence-corrected chi connectivity index (χ0v) is 15.2. The molecule has 6 nitrogen and oxygen atoms in total. The summed E-state index contributed by atoms with van der Waals surface area (Å²) in [5.41, 5.74) is -0.202. The van der Waals surface area contributed by atoms with E-state index >= 15 is 0 Å². The second-order valence-electron chi connectivity index (χ2n) is 7.68. The average Bonchev–Trinajstić information content (AvgIpc) is 3.46. The molecule has 0 atom stereocenters.